The molecule has 1 aromatic carbocycles. The van der Waals surface area contributed by atoms with Crippen LogP contribution in [0.15, 0.2) is 48.5 Å². The Bertz CT molecular complexity index is 856. The second-order valence-electron chi connectivity index (χ2n) is 5.90. The lowest BCUT2D eigenvalue weighted by atomic mass is 10.1. The van der Waals surface area contributed by atoms with Gasteiger partial charge in [0.2, 0.25) is 6.29 Å². The highest BCUT2D eigenvalue weighted by Gasteiger charge is 2.12. The number of carbonyl (C=O) groups is 3. The number of nitrogens with one attached hydrogen (secondary N) is 1. The van der Waals surface area contributed by atoms with Crippen LogP contribution in [0.1, 0.15) is 16.1 Å². The number of benzene rings is 1. The maximum atomic E-state index is 12.3. The molecule has 0 bridgehead atoms. The van der Waals surface area contributed by atoms with Crippen LogP contribution in [-0.2, 0) is 14.3 Å². The van der Waals surface area contributed by atoms with Crippen LogP contribution in [0.2, 0.25) is 0 Å². The van der Waals surface area contributed by atoms with Crippen LogP contribution in [-0.4, -0.2) is 49.3 Å². The quantitative estimate of drug-likeness (QED) is 0.364. The number of morpholine rings is 1. The summed E-state index contributed by atoms with van der Waals surface area (Å²) in [5.74, 6) is -0.0507. The van der Waals surface area contributed by atoms with Crippen LogP contribution in [0.5, 0.6) is 0 Å². The number of rotatable bonds is 6. The molecule has 1 aliphatic heterocycles. The first-order valence-corrected chi connectivity index (χ1v) is 8.54. The minimum absolute atomic E-state index is 0.179. The molecule has 7 nitrogen and oxygen atoms in total. The largest absolute Gasteiger partial charge is 0.378 e. The number of pyridine rings is 1. The van der Waals surface area contributed by atoms with Gasteiger partial charge in [-0.25, -0.2) is 4.98 Å². The number of anilines is 2. The Kier molecular flexibility index (Phi) is 6.06. The number of ketones is 1. The SMILES string of the molecule is O=CC(=O)Nc1ccc(C(=O)C=Cc2cccc(N3CCOCC3)n2)cc1. The Balaban J connectivity index is 1.65. The Morgan fingerprint density at radius 1 is 1.07 bits per heavy atom. The fraction of sp³-hybridized carbons (Fsp3) is 0.200. The minimum atomic E-state index is -0.736. The second kappa shape index (κ2) is 8.86. The topological polar surface area (TPSA) is 88.6 Å². The van der Waals surface area contributed by atoms with E-state index in [0.29, 0.717) is 30.2 Å². The van der Waals surface area contributed by atoms with Crippen molar-refractivity contribution >= 4 is 35.6 Å². The molecule has 27 heavy (non-hydrogen) atoms. The fourth-order valence-corrected chi connectivity index (χ4v) is 2.65. The van der Waals surface area contributed by atoms with Gasteiger partial charge in [-0.05, 0) is 48.6 Å². The van der Waals surface area contributed by atoms with E-state index in [0.717, 1.165) is 18.9 Å². The summed E-state index contributed by atoms with van der Waals surface area (Å²) < 4.78 is 5.35. The number of amides is 1. The van der Waals surface area contributed by atoms with Crippen molar-refractivity contribution in [3.8, 4) is 0 Å². The lowest BCUT2D eigenvalue weighted by molar-refractivity contribution is -0.127. The van der Waals surface area contributed by atoms with Gasteiger partial charge in [0, 0.05) is 24.3 Å². The highest BCUT2D eigenvalue weighted by atomic mass is 16.5. The predicted molar refractivity (Wildman–Crippen MR) is 102 cm³/mol. The highest BCUT2D eigenvalue weighted by Crippen LogP contribution is 2.15. The van der Waals surface area contributed by atoms with Gasteiger partial charge in [-0.2, -0.15) is 0 Å². The molecule has 0 saturated carbocycles. The number of allylic oxidation sites excluding steroid dienone is 1. The number of nitrogens with zero attached hydrogens (tertiary/aromatic N) is 2. The van der Waals surface area contributed by atoms with Crippen molar-refractivity contribution in [1.82, 2.24) is 4.98 Å². The first kappa shape index (κ1) is 18.5. The fourth-order valence-electron chi connectivity index (χ4n) is 2.65. The molecule has 3 rings (SSSR count). The van der Waals surface area contributed by atoms with Crippen LogP contribution in [0.3, 0.4) is 0 Å². The van der Waals surface area contributed by atoms with Crippen molar-refractivity contribution in [3.63, 3.8) is 0 Å². The molecule has 1 aromatic heterocycles. The van der Waals surface area contributed by atoms with Crippen molar-refractivity contribution in [3.05, 3.63) is 59.8 Å². The summed E-state index contributed by atoms with van der Waals surface area (Å²) in [4.78, 5) is 40.4. The molecule has 2 heterocycles. The van der Waals surface area contributed by atoms with Crippen LogP contribution in [0.4, 0.5) is 11.5 Å². The third kappa shape index (κ3) is 5.08. The maximum Gasteiger partial charge on any atom is 0.288 e. The molecule has 2 aromatic rings. The van der Waals surface area contributed by atoms with Gasteiger partial charge in [-0.1, -0.05) is 6.07 Å². The number of hydrogen-bond acceptors (Lipinski definition) is 6. The van der Waals surface area contributed by atoms with Gasteiger partial charge in [0.15, 0.2) is 5.78 Å². The molecule has 1 fully saturated rings. The first-order chi connectivity index (χ1) is 13.2. The van der Waals surface area contributed by atoms with Gasteiger partial charge in [0.25, 0.3) is 5.91 Å². The van der Waals surface area contributed by atoms with Crippen LogP contribution in [0.25, 0.3) is 6.08 Å². The van der Waals surface area contributed by atoms with Gasteiger partial charge in [0.1, 0.15) is 5.82 Å². The first-order valence-electron chi connectivity index (χ1n) is 8.54. The van der Waals surface area contributed by atoms with E-state index in [-0.39, 0.29) is 12.1 Å². The summed E-state index contributed by atoms with van der Waals surface area (Å²) in [7, 11) is 0. The Morgan fingerprint density at radius 3 is 2.52 bits per heavy atom. The van der Waals surface area contributed by atoms with E-state index in [2.05, 4.69) is 15.2 Å². The monoisotopic (exact) mass is 365 g/mol. The summed E-state index contributed by atoms with van der Waals surface area (Å²) in [5, 5.41) is 2.39. The molecular weight excluding hydrogens is 346 g/mol. The Morgan fingerprint density at radius 2 is 1.81 bits per heavy atom. The standard InChI is InChI=1S/C20H19N3O4/c24-14-20(26)22-17-6-4-15(5-7-17)18(25)9-8-16-2-1-3-19(21-16)23-10-12-27-13-11-23/h1-9,14H,10-13H2,(H,22,26). The van der Waals surface area contributed by atoms with Crippen molar-refractivity contribution in [2.75, 3.05) is 36.5 Å². The summed E-state index contributed by atoms with van der Waals surface area (Å²) in [5.41, 5.74) is 1.62. The van der Waals surface area contributed by atoms with Gasteiger partial charge in [0.05, 0.1) is 18.9 Å². The third-order valence-electron chi connectivity index (χ3n) is 4.04. The molecule has 0 radical (unpaired) electrons. The normalized spacial score (nSPS) is 14.1. The zero-order valence-corrected chi connectivity index (χ0v) is 14.6. The minimum Gasteiger partial charge on any atom is -0.378 e. The molecule has 1 N–H and O–H groups in total. The van der Waals surface area contributed by atoms with Crippen molar-refractivity contribution in [2.45, 2.75) is 0 Å². The van der Waals surface area contributed by atoms with E-state index in [4.69, 9.17) is 4.74 Å². The molecule has 1 aliphatic rings. The average molecular weight is 365 g/mol. The molecular formula is C20H19N3O4. The van der Waals surface area contributed by atoms with E-state index in [1.807, 2.05) is 18.2 Å². The average Bonchev–Trinajstić information content (AvgIpc) is 2.73. The van der Waals surface area contributed by atoms with E-state index >= 15 is 0 Å². The summed E-state index contributed by atoms with van der Waals surface area (Å²) in [6.45, 7) is 2.96. The second-order valence-corrected chi connectivity index (χ2v) is 5.90. The Hall–Kier alpha value is -3.32. The van der Waals surface area contributed by atoms with E-state index in [1.165, 1.54) is 6.08 Å². The lowest BCUT2D eigenvalue weighted by Crippen LogP contribution is -2.36. The van der Waals surface area contributed by atoms with Crippen LogP contribution >= 0.6 is 0 Å². The molecule has 138 valence electrons. The van der Waals surface area contributed by atoms with Crippen molar-refractivity contribution < 1.29 is 19.1 Å². The molecule has 0 aliphatic carbocycles. The van der Waals surface area contributed by atoms with Crippen LogP contribution < -0.4 is 10.2 Å². The van der Waals surface area contributed by atoms with E-state index < -0.39 is 5.91 Å². The van der Waals surface area contributed by atoms with Crippen molar-refractivity contribution in [2.24, 2.45) is 0 Å². The zero-order valence-electron chi connectivity index (χ0n) is 14.6. The molecule has 0 spiro atoms. The number of carbonyl (C=O) groups excluding carboxylic acids is 3. The smallest absolute Gasteiger partial charge is 0.288 e. The lowest BCUT2D eigenvalue weighted by Gasteiger charge is -2.27. The molecule has 1 saturated heterocycles. The highest BCUT2D eigenvalue weighted by molar-refractivity contribution is 6.29. The van der Waals surface area contributed by atoms with E-state index in [1.54, 1.807) is 30.3 Å². The Labute approximate surface area is 156 Å². The van der Waals surface area contributed by atoms with Gasteiger partial charge >= 0.3 is 0 Å². The van der Waals surface area contributed by atoms with Crippen molar-refractivity contribution in [1.29, 1.82) is 0 Å². The summed E-state index contributed by atoms with van der Waals surface area (Å²) in [6, 6.07) is 12.0. The predicted octanol–water partition coefficient (Wildman–Crippen LogP) is 1.95. The molecule has 0 atom stereocenters. The number of aromatic nitrogens is 1. The third-order valence-corrected chi connectivity index (χ3v) is 4.04. The summed E-state index contributed by atoms with van der Waals surface area (Å²) in [6.07, 6.45) is 3.33. The van der Waals surface area contributed by atoms with E-state index in [9.17, 15) is 14.4 Å². The maximum absolute atomic E-state index is 12.3. The summed E-state index contributed by atoms with van der Waals surface area (Å²) >= 11 is 0. The van der Waals surface area contributed by atoms with Gasteiger partial charge < -0.3 is 15.0 Å². The zero-order chi connectivity index (χ0) is 19.1. The molecule has 7 heteroatoms. The van der Waals surface area contributed by atoms with Gasteiger partial charge in [-0.15, -0.1) is 0 Å². The number of ether oxygens (including phenoxy) is 1. The van der Waals surface area contributed by atoms with Crippen LogP contribution in [0, 0.1) is 0 Å². The number of aldehydes is 1. The molecule has 0 unspecified atom stereocenters. The number of hydrogen-bond donors (Lipinski definition) is 1. The molecule has 1 amide bonds. The van der Waals surface area contributed by atoms with Gasteiger partial charge in [-0.3, -0.25) is 14.4 Å².